The van der Waals surface area contributed by atoms with Crippen molar-refractivity contribution in [3.63, 3.8) is 0 Å². The second kappa shape index (κ2) is 13.5. The summed E-state index contributed by atoms with van der Waals surface area (Å²) in [7, 11) is 1.69. The fraction of sp³-hybridized carbons (Fsp3) is 0.280. The van der Waals surface area contributed by atoms with E-state index >= 15 is 0 Å². The lowest BCUT2D eigenvalue weighted by atomic mass is 10.1. The number of halogens is 1. The van der Waals surface area contributed by atoms with Crippen LogP contribution in [0.5, 0.6) is 5.75 Å². The van der Waals surface area contributed by atoms with Crippen molar-refractivity contribution in [2.24, 2.45) is 4.99 Å². The van der Waals surface area contributed by atoms with Crippen molar-refractivity contribution in [1.29, 1.82) is 0 Å². The molecule has 33 heavy (non-hydrogen) atoms. The van der Waals surface area contributed by atoms with Gasteiger partial charge in [-0.1, -0.05) is 29.8 Å². The molecule has 0 fully saturated rings. The quantitative estimate of drug-likeness (QED) is 0.199. The fourth-order valence-electron chi connectivity index (χ4n) is 3.28. The maximum atomic E-state index is 12.2. The van der Waals surface area contributed by atoms with Gasteiger partial charge in [-0.3, -0.25) is 4.79 Å². The van der Waals surface area contributed by atoms with Crippen LogP contribution in [-0.2, 0) is 13.0 Å². The monoisotopic (exact) mass is 562 g/mol. The highest BCUT2D eigenvalue weighted by molar-refractivity contribution is 14.0. The average molecular weight is 562 g/mol. The van der Waals surface area contributed by atoms with Crippen molar-refractivity contribution >= 4 is 41.5 Å². The number of guanidine groups is 1. The number of ether oxygens (including phenoxy) is 1. The van der Waals surface area contributed by atoms with Gasteiger partial charge in [0.2, 0.25) is 0 Å². The van der Waals surface area contributed by atoms with Gasteiger partial charge in [0.05, 0.1) is 19.9 Å². The molecule has 0 radical (unpaired) electrons. The van der Waals surface area contributed by atoms with Gasteiger partial charge < -0.3 is 25.1 Å². The van der Waals surface area contributed by atoms with Crippen molar-refractivity contribution in [2.45, 2.75) is 26.8 Å². The summed E-state index contributed by atoms with van der Waals surface area (Å²) >= 11 is 0. The molecule has 1 aromatic heterocycles. The smallest absolute Gasteiger partial charge is 0.291 e. The van der Waals surface area contributed by atoms with Crippen LogP contribution in [0, 0.1) is 6.92 Å². The number of hydrogen-bond acceptors (Lipinski definition) is 4. The van der Waals surface area contributed by atoms with E-state index in [4.69, 9.17) is 9.15 Å². The third kappa shape index (κ3) is 8.12. The maximum Gasteiger partial charge on any atom is 0.291 e. The Bertz CT molecular complexity index is 1050. The molecule has 0 spiro atoms. The first-order valence-electron chi connectivity index (χ1n) is 10.7. The zero-order valence-electron chi connectivity index (χ0n) is 19.2. The predicted octanol–water partition coefficient (Wildman–Crippen LogP) is 4.76. The summed E-state index contributed by atoms with van der Waals surface area (Å²) in [4.78, 5) is 16.9. The van der Waals surface area contributed by atoms with Crippen LogP contribution < -0.4 is 20.7 Å². The Morgan fingerprint density at radius 1 is 1.09 bits per heavy atom. The van der Waals surface area contributed by atoms with Crippen LogP contribution in [-0.4, -0.2) is 32.1 Å². The van der Waals surface area contributed by atoms with Gasteiger partial charge in [-0.2, -0.15) is 0 Å². The van der Waals surface area contributed by atoms with E-state index in [0.717, 1.165) is 42.3 Å². The third-order valence-corrected chi connectivity index (χ3v) is 4.82. The largest absolute Gasteiger partial charge is 0.496 e. The Morgan fingerprint density at radius 2 is 1.94 bits per heavy atom. The predicted molar refractivity (Wildman–Crippen MR) is 143 cm³/mol. The van der Waals surface area contributed by atoms with Crippen LogP contribution in [0.15, 0.2) is 70.3 Å². The molecule has 1 heterocycles. The van der Waals surface area contributed by atoms with Crippen LogP contribution in [0.25, 0.3) is 0 Å². The lowest BCUT2D eigenvalue weighted by Crippen LogP contribution is -2.38. The van der Waals surface area contributed by atoms with Crippen LogP contribution in [0.2, 0.25) is 0 Å². The molecule has 1 amide bonds. The van der Waals surface area contributed by atoms with Gasteiger partial charge in [0.1, 0.15) is 5.75 Å². The minimum Gasteiger partial charge on any atom is -0.496 e. The topological polar surface area (TPSA) is 87.9 Å². The number of aliphatic imine (C=N–C) groups is 1. The first kappa shape index (κ1) is 26.2. The van der Waals surface area contributed by atoms with Crippen LogP contribution in [0.1, 0.15) is 34.2 Å². The summed E-state index contributed by atoms with van der Waals surface area (Å²) in [6.45, 7) is 6.08. The number of methoxy groups -OCH3 is 1. The molecule has 3 aromatic rings. The Balaban J connectivity index is 0.00000385. The molecule has 176 valence electrons. The number of aryl methyl sites for hydroxylation is 1. The molecule has 0 aliphatic rings. The summed E-state index contributed by atoms with van der Waals surface area (Å²) in [6, 6.07) is 17.1. The summed E-state index contributed by atoms with van der Waals surface area (Å²) in [5.74, 6) is 1.63. The van der Waals surface area contributed by atoms with Gasteiger partial charge in [0.15, 0.2) is 11.7 Å². The number of carbonyl (C=O) groups excluding carboxylic acids is 1. The van der Waals surface area contributed by atoms with E-state index in [9.17, 15) is 4.79 Å². The van der Waals surface area contributed by atoms with Crippen molar-refractivity contribution in [2.75, 3.05) is 25.5 Å². The molecule has 0 saturated carbocycles. The van der Waals surface area contributed by atoms with E-state index in [1.807, 2.05) is 43.3 Å². The van der Waals surface area contributed by atoms with Crippen molar-refractivity contribution < 1.29 is 13.9 Å². The second-order valence-corrected chi connectivity index (χ2v) is 7.32. The molecule has 7 nitrogen and oxygen atoms in total. The molecule has 3 N–H and O–H groups in total. The molecule has 0 saturated heterocycles. The molecule has 0 atom stereocenters. The highest BCUT2D eigenvalue weighted by Crippen LogP contribution is 2.19. The molecule has 3 rings (SSSR count). The molecule has 0 unspecified atom stereocenters. The van der Waals surface area contributed by atoms with Crippen molar-refractivity contribution in [3.8, 4) is 5.75 Å². The number of nitrogens with one attached hydrogen (secondary N) is 3. The van der Waals surface area contributed by atoms with Crippen LogP contribution in [0.3, 0.4) is 0 Å². The number of benzene rings is 2. The zero-order valence-corrected chi connectivity index (χ0v) is 21.5. The van der Waals surface area contributed by atoms with Crippen molar-refractivity contribution in [1.82, 2.24) is 10.6 Å². The van der Waals surface area contributed by atoms with Gasteiger partial charge in [-0.15, -0.1) is 24.0 Å². The van der Waals surface area contributed by atoms with E-state index in [2.05, 4.69) is 33.9 Å². The van der Waals surface area contributed by atoms with Gasteiger partial charge in [0, 0.05) is 18.8 Å². The summed E-state index contributed by atoms with van der Waals surface area (Å²) < 4.78 is 10.6. The Hall–Kier alpha value is -3.01. The summed E-state index contributed by atoms with van der Waals surface area (Å²) in [5, 5.41) is 9.49. The van der Waals surface area contributed by atoms with E-state index in [1.54, 1.807) is 19.2 Å². The summed E-state index contributed by atoms with van der Waals surface area (Å²) in [5.41, 5.74) is 4.06. The highest BCUT2D eigenvalue weighted by Gasteiger charge is 2.09. The van der Waals surface area contributed by atoms with Gasteiger partial charge in [0.25, 0.3) is 5.91 Å². The number of nitrogens with zero attached hydrogens (tertiary/aromatic N) is 1. The molecular formula is C25H31IN4O3. The second-order valence-electron chi connectivity index (χ2n) is 7.32. The third-order valence-electron chi connectivity index (χ3n) is 4.82. The fourth-order valence-corrected chi connectivity index (χ4v) is 3.28. The Morgan fingerprint density at radius 3 is 2.67 bits per heavy atom. The first-order chi connectivity index (χ1) is 15.6. The number of carbonyl (C=O) groups is 1. The molecular weight excluding hydrogens is 531 g/mol. The Kier molecular flexibility index (Phi) is 10.8. The number of amides is 1. The standard InChI is InChI=1S/C25H30N4O3.HI/c1-4-26-25(27-13-12-20-15-18(2)10-11-22(20)31-3)28-17-19-7-5-8-21(16-19)29-24(30)23-9-6-14-32-23;/h5-11,14-16H,4,12-13,17H2,1-3H3,(H,29,30)(H2,26,27,28);1H. The maximum absolute atomic E-state index is 12.2. The first-order valence-corrected chi connectivity index (χ1v) is 10.7. The zero-order chi connectivity index (χ0) is 22.8. The van der Waals surface area contributed by atoms with E-state index in [-0.39, 0.29) is 35.6 Å². The molecule has 0 aliphatic heterocycles. The SMILES string of the molecule is CCNC(=NCc1cccc(NC(=O)c2ccco2)c1)NCCc1cc(C)ccc1OC.I. The normalized spacial score (nSPS) is 10.8. The molecule has 0 bridgehead atoms. The molecule has 8 heteroatoms. The van der Waals surface area contributed by atoms with Crippen molar-refractivity contribution in [3.05, 3.63) is 83.3 Å². The number of hydrogen-bond donors (Lipinski definition) is 3. The molecule has 2 aromatic carbocycles. The number of furan rings is 1. The van der Waals surface area contributed by atoms with Gasteiger partial charge in [-0.25, -0.2) is 4.99 Å². The molecule has 0 aliphatic carbocycles. The van der Waals surface area contributed by atoms with E-state index in [0.29, 0.717) is 12.2 Å². The number of rotatable bonds is 9. The number of anilines is 1. The summed E-state index contributed by atoms with van der Waals surface area (Å²) in [6.07, 6.45) is 2.30. The van der Waals surface area contributed by atoms with Crippen LogP contribution >= 0.6 is 24.0 Å². The van der Waals surface area contributed by atoms with Crippen LogP contribution in [0.4, 0.5) is 5.69 Å². The highest BCUT2D eigenvalue weighted by atomic mass is 127. The van der Waals surface area contributed by atoms with Gasteiger partial charge >= 0.3 is 0 Å². The lowest BCUT2D eigenvalue weighted by molar-refractivity contribution is 0.0996. The minimum absolute atomic E-state index is 0. The minimum atomic E-state index is -0.280. The van der Waals surface area contributed by atoms with E-state index < -0.39 is 0 Å². The average Bonchev–Trinajstić information content (AvgIpc) is 3.33. The van der Waals surface area contributed by atoms with E-state index in [1.165, 1.54) is 11.8 Å². The van der Waals surface area contributed by atoms with Gasteiger partial charge in [-0.05, 0) is 61.7 Å². The lowest BCUT2D eigenvalue weighted by Gasteiger charge is -2.13. The Labute approximate surface area is 212 Å².